The van der Waals surface area contributed by atoms with Crippen molar-refractivity contribution < 1.29 is 9.59 Å². The van der Waals surface area contributed by atoms with Gasteiger partial charge in [-0.1, -0.05) is 20.8 Å². The third kappa shape index (κ3) is 3.64. The first-order valence-corrected chi connectivity index (χ1v) is 7.33. The molecule has 1 aliphatic rings. The molecule has 0 radical (unpaired) electrons. The number of piperazine rings is 1. The van der Waals surface area contributed by atoms with Crippen LogP contribution in [0.4, 0.5) is 0 Å². The Bertz CT molecular complexity index is 307. The second kappa shape index (κ2) is 7.02. The predicted molar refractivity (Wildman–Crippen MR) is 75.6 cm³/mol. The molecule has 18 heavy (non-hydrogen) atoms. The van der Waals surface area contributed by atoms with Crippen LogP contribution >= 0.6 is 12.6 Å². The fraction of sp³-hybridized carbons (Fsp3) is 0.846. The van der Waals surface area contributed by atoms with Crippen molar-refractivity contribution in [1.82, 2.24) is 9.80 Å². The summed E-state index contributed by atoms with van der Waals surface area (Å²) in [5.74, 6) is 0.877. The standard InChI is InChI=1S/C13H24N2O2S/c1-4-5-14-6-7-15(13(17)12(14)16)8-11(9-18)10(2)3/h10-11,18H,4-9H2,1-3H3. The molecule has 2 amide bonds. The van der Waals surface area contributed by atoms with Gasteiger partial charge in [0, 0.05) is 26.2 Å². The molecule has 0 aromatic heterocycles. The fourth-order valence-electron chi connectivity index (χ4n) is 2.13. The van der Waals surface area contributed by atoms with Gasteiger partial charge in [-0.25, -0.2) is 0 Å². The summed E-state index contributed by atoms with van der Waals surface area (Å²) in [7, 11) is 0. The molecule has 5 heteroatoms. The fourth-order valence-corrected chi connectivity index (χ4v) is 2.67. The monoisotopic (exact) mass is 272 g/mol. The molecular weight excluding hydrogens is 248 g/mol. The summed E-state index contributed by atoms with van der Waals surface area (Å²) in [5.41, 5.74) is 0. The second-order valence-electron chi connectivity index (χ2n) is 5.23. The number of hydrogen-bond acceptors (Lipinski definition) is 3. The summed E-state index contributed by atoms with van der Waals surface area (Å²) < 4.78 is 0. The molecule has 104 valence electrons. The van der Waals surface area contributed by atoms with E-state index >= 15 is 0 Å². The van der Waals surface area contributed by atoms with Crippen molar-refractivity contribution >= 4 is 24.4 Å². The van der Waals surface area contributed by atoms with Gasteiger partial charge >= 0.3 is 11.8 Å². The van der Waals surface area contributed by atoms with Crippen molar-refractivity contribution in [2.75, 3.05) is 31.9 Å². The van der Waals surface area contributed by atoms with E-state index in [0.29, 0.717) is 38.0 Å². The predicted octanol–water partition coefficient (Wildman–Crippen LogP) is 1.27. The van der Waals surface area contributed by atoms with Crippen LogP contribution in [0.25, 0.3) is 0 Å². The van der Waals surface area contributed by atoms with E-state index in [0.717, 1.165) is 12.2 Å². The van der Waals surface area contributed by atoms with Gasteiger partial charge in [0.05, 0.1) is 0 Å². The van der Waals surface area contributed by atoms with E-state index in [4.69, 9.17) is 0 Å². The second-order valence-corrected chi connectivity index (χ2v) is 5.60. The topological polar surface area (TPSA) is 40.6 Å². The van der Waals surface area contributed by atoms with E-state index in [1.807, 2.05) is 6.92 Å². The number of amides is 2. The smallest absolute Gasteiger partial charge is 0.312 e. The van der Waals surface area contributed by atoms with Gasteiger partial charge in [0.2, 0.25) is 0 Å². The molecule has 0 aromatic carbocycles. The lowest BCUT2D eigenvalue weighted by molar-refractivity contribution is -0.156. The van der Waals surface area contributed by atoms with Gasteiger partial charge in [0.15, 0.2) is 0 Å². The van der Waals surface area contributed by atoms with E-state index in [9.17, 15) is 9.59 Å². The van der Waals surface area contributed by atoms with E-state index < -0.39 is 0 Å². The summed E-state index contributed by atoms with van der Waals surface area (Å²) in [6, 6.07) is 0. The minimum atomic E-state index is -0.345. The zero-order chi connectivity index (χ0) is 13.7. The van der Waals surface area contributed by atoms with Gasteiger partial charge in [0.1, 0.15) is 0 Å². The molecule has 0 aliphatic carbocycles. The van der Waals surface area contributed by atoms with Crippen LogP contribution in [0.5, 0.6) is 0 Å². The Balaban J connectivity index is 2.60. The van der Waals surface area contributed by atoms with Gasteiger partial charge in [-0.2, -0.15) is 12.6 Å². The Morgan fingerprint density at radius 3 is 2.22 bits per heavy atom. The van der Waals surface area contributed by atoms with Crippen molar-refractivity contribution in [3.05, 3.63) is 0 Å². The molecule has 0 bridgehead atoms. The average molecular weight is 272 g/mol. The van der Waals surface area contributed by atoms with Crippen LogP contribution in [0.1, 0.15) is 27.2 Å². The number of carbonyl (C=O) groups is 2. The van der Waals surface area contributed by atoms with Gasteiger partial charge in [-0.05, 0) is 24.0 Å². The Kier molecular flexibility index (Phi) is 5.99. The molecule has 1 unspecified atom stereocenters. The van der Waals surface area contributed by atoms with Crippen LogP contribution in [-0.4, -0.2) is 53.5 Å². The minimum absolute atomic E-state index is 0.343. The van der Waals surface area contributed by atoms with Crippen LogP contribution in [0, 0.1) is 11.8 Å². The van der Waals surface area contributed by atoms with Crippen molar-refractivity contribution in [2.45, 2.75) is 27.2 Å². The molecule has 0 saturated carbocycles. The first kappa shape index (κ1) is 15.3. The highest BCUT2D eigenvalue weighted by Crippen LogP contribution is 2.16. The molecule has 1 saturated heterocycles. The molecule has 4 nitrogen and oxygen atoms in total. The molecule has 1 atom stereocenters. The maximum atomic E-state index is 12.0. The Labute approximate surface area is 115 Å². The molecule has 1 fully saturated rings. The van der Waals surface area contributed by atoms with Gasteiger partial charge in [-0.15, -0.1) is 0 Å². The molecule has 1 rings (SSSR count). The van der Waals surface area contributed by atoms with Gasteiger partial charge < -0.3 is 9.80 Å². The third-order valence-corrected chi connectivity index (χ3v) is 3.99. The number of carbonyl (C=O) groups excluding carboxylic acids is 2. The number of hydrogen-bond donors (Lipinski definition) is 1. The van der Waals surface area contributed by atoms with Gasteiger partial charge in [-0.3, -0.25) is 9.59 Å². The van der Waals surface area contributed by atoms with Crippen LogP contribution in [0.2, 0.25) is 0 Å². The molecule has 0 aromatic rings. The Morgan fingerprint density at radius 1 is 1.17 bits per heavy atom. The highest BCUT2D eigenvalue weighted by atomic mass is 32.1. The molecular formula is C13H24N2O2S. The molecule has 0 N–H and O–H groups in total. The summed E-state index contributed by atoms with van der Waals surface area (Å²) >= 11 is 4.32. The van der Waals surface area contributed by atoms with Crippen molar-refractivity contribution in [2.24, 2.45) is 11.8 Å². The summed E-state index contributed by atoms with van der Waals surface area (Å²) in [6.45, 7) is 8.91. The molecule has 0 spiro atoms. The van der Waals surface area contributed by atoms with Crippen molar-refractivity contribution in [3.8, 4) is 0 Å². The molecule has 1 aliphatic heterocycles. The van der Waals surface area contributed by atoms with E-state index in [2.05, 4.69) is 26.5 Å². The third-order valence-electron chi connectivity index (χ3n) is 3.52. The van der Waals surface area contributed by atoms with E-state index in [-0.39, 0.29) is 11.8 Å². The number of nitrogens with zero attached hydrogens (tertiary/aromatic N) is 2. The van der Waals surface area contributed by atoms with Crippen LogP contribution < -0.4 is 0 Å². The first-order valence-electron chi connectivity index (χ1n) is 6.70. The quantitative estimate of drug-likeness (QED) is 0.584. The maximum Gasteiger partial charge on any atom is 0.312 e. The van der Waals surface area contributed by atoms with E-state index in [1.165, 1.54) is 0 Å². The zero-order valence-corrected chi connectivity index (χ0v) is 12.4. The lowest BCUT2D eigenvalue weighted by Crippen LogP contribution is -2.55. The largest absolute Gasteiger partial charge is 0.333 e. The van der Waals surface area contributed by atoms with Crippen molar-refractivity contribution in [3.63, 3.8) is 0 Å². The highest BCUT2D eigenvalue weighted by Gasteiger charge is 2.33. The number of rotatable bonds is 6. The summed E-state index contributed by atoms with van der Waals surface area (Å²) in [5, 5.41) is 0. The van der Waals surface area contributed by atoms with Crippen LogP contribution in [-0.2, 0) is 9.59 Å². The Hall–Kier alpha value is -0.710. The Morgan fingerprint density at radius 2 is 1.72 bits per heavy atom. The highest BCUT2D eigenvalue weighted by molar-refractivity contribution is 7.80. The van der Waals surface area contributed by atoms with E-state index in [1.54, 1.807) is 9.80 Å². The minimum Gasteiger partial charge on any atom is -0.333 e. The van der Waals surface area contributed by atoms with Crippen LogP contribution in [0.15, 0.2) is 0 Å². The molecule has 1 heterocycles. The van der Waals surface area contributed by atoms with Gasteiger partial charge in [0.25, 0.3) is 0 Å². The SMILES string of the molecule is CCCN1CCN(CC(CS)C(C)C)C(=O)C1=O. The lowest BCUT2D eigenvalue weighted by atomic mass is 9.97. The summed E-state index contributed by atoms with van der Waals surface area (Å²) in [6.07, 6.45) is 0.893. The summed E-state index contributed by atoms with van der Waals surface area (Å²) in [4.78, 5) is 27.2. The maximum absolute atomic E-state index is 12.0. The van der Waals surface area contributed by atoms with Crippen LogP contribution in [0.3, 0.4) is 0 Å². The normalized spacial score (nSPS) is 18.7. The number of thiol groups is 1. The average Bonchev–Trinajstić information content (AvgIpc) is 2.34. The first-order chi connectivity index (χ1) is 8.51. The van der Waals surface area contributed by atoms with Crippen molar-refractivity contribution in [1.29, 1.82) is 0 Å². The zero-order valence-electron chi connectivity index (χ0n) is 11.6. The lowest BCUT2D eigenvalue weighted by Gasteiger charge is -2.36.